The highest BCUT2D eigenvalue weighted by atomic mass is 19.1. The van der Waals surface area contributed by atoms with Crippen LogP contribution in [0.3, 0.4) is 0 Å². The molecule has 1 aromatic rings. The highest BCUT2D eigenvalue weighted by molar-refractivity contribution is 5.94. The van der Waals surface area contributed by atoms with Crippen molar-refractivity contribution in [3.05, 3.63) is 41.7 Å². The summed E-state index contributed by atoms with van der Waals surface area (Å²) in [5.41, 5.74) is 6.57. The van der Waals surface area contributed by atoms with Gasteiger partial charge < -0.3 is 10.6 Å². The van der Waals surface area contributed by atoms with Crippen molar-refractivity contribution in [3.8, 4) is 0 Å². The van der Waals surface area contributed by atoms with Gasteiger partial charge >= 0.3 is 0 Å². The Bertz CT molecular complexity index is 429. The summed E-state index contributed by atoms with van der Waals surface area (Å²) in [6.45, 7) is 5.91. The quantitative estimate of drug-likeness (QED) is 0.628. The van der Waals surface area contributed by atoms with Crippen molar-refractivity contribution < 1.29 is 9.18 Å². The van der Waals surface area contributed by atoms with Crippen LogP contribution in [0.1, 0.15) is 17.3 Å². The van der Waals surface area contributed by atoms with Crippen molar-refractivity contribution >= 4 is 11.6 Å². The maximum atomic E-state index is 13.4. The number of rotatable bonds is 3. The molecule has 4 heteroatoms. The average molecular weight is 222 g/mol. The molecule has 0 heterocycles. The van der Waals surface area contributed by atoms with Crippen LogP contribution in [0.25, 0.3) is 0 Å². The van der Waals surface area contributed by atoms with E-state index >= 15 is 0 Å². The van der Waals surface area contributed by atoms with E-state index in [1.807, 2.05) is 6.92 Å². The number of halogens is 1. The van der Waals surface area contributed by atoms with Gasteiger partial charge in [-0.05, 0) is 25.1 Å². The summed E-state index contributed by atoms with van der Waals surface area (Å²) in [7, 11) is 1.60. The molecule has 0 aliphatic carbocycles. The van der Waals surface area contributed by atoms with Gasteiger partial charge in [0.15, 0.2) is 0 Å². The number of carbonyl (C=O) groups is 1. The van der Waals surface area contributed by atoms with Gasteiger partial charge in [-0.3, -0.25) is 4.79 Å². The standard InChI is InChI=1S/C12H15FN2O/c1-8(2)7-15(3)12(16)10-5-4-9(14)6-11(10)13/h4-6H,1,7,14H2,2-3H3. The minimum atomic E-state index is -0.599. The molecule has 0 atom stereocenters. The van der Waals surface area contributed by atoms with Gasteiger partial charge in [0.05, 0.1) is 5.56 Å². The summed E-state index contributed by atoms with van der Waals surface area (Å²) in [5.74, 6) is -0.973. The number of benzene rings is 1. The van der Waals surface area contributed by atoms with Crippen molar-refractivity contribution in [2.45, 2.75) is 6.92 Å². The van der Waals surface area contributed by atoms with Crippen LogP contribution < -0.4 is 5.73 Å². The predicted octanol–water partition coefficient (Wildman–Crippen LogP) is 2.06. The number of hydrogen-bond acceptors (Lipinski definition) is 2. The lowest BCUT2D eigenvalue weighted by molar-refractivity contribution is 0.0802. The number of carbonyl (C=O) groups excluding carboxylic acids is 1. The topological polar surface area (TPSA) is 46.3 Å². The maximum Gasteiger partial charge on any atom is 0.256 e. The van der Waals surface area contributed by atoms with Gasteiger partial charge in [-0.25, -0.2) is 4.39 Å². The molecule has 86 valence electrons. The van der Waals surface area contributed by atoms with Gasteiger partial charge in [-0.2, -0.15) is 0 Å². The van der Waals surface area contributed by atoms with Crippen molar-refractivity contribution in [3.63, 3.8) is 0 Å². The Morgan fingerprint density at radius 3 is 2.69 bits per heavy atom. The summed E-state index contributed by atoms with van der Waals surface area (Å²) < 4.78 is 13.4. The molecule has 3 nitrogen and oxygen atoms in total. The lowest BCUT2D eigenvalue weighted by Crippen LogP contribution is -2.28. The number of anilines is 1. The largest absolute Gasteiger partial charge is 0.399 e. The van der Waals surface area contributed by atoms with Crippen LogP contribution >= 0.6 is 0 Å². The zero-order chi connectivity index (χ0) is 12.3. The van der Waals surface area contributed by atoms with Gasteiger partial charge in [0, 0.05) is 19.3 Å². The van der Waals surface area contributed by atoms with Crippen LogP contribution in [0.4, 0.5) is 10.1 Å². The Labute approximate surface area is 94.4 Å². The number of nitrogen functional groups attached to an aromatic ring is 1. The molecule has 0 fully saturated rings. The SMILES string of the molecule is C=C(C)CN(C)C(=O)c1ccc(N)cc1F. The lowest BCUT2D eigenvalue weighted by atomic mass is 10.1. The van der Waals surface area contributed by atoms with E-state index in [1.165, 1.54) is 17.0 Å². The molecule has 0 unspecified atom stereocenters. The van der Waals surface area contributed by atoms with Gasteiger partial charge in [-0.15, -0.1) is 0 Å². The second-order valence-corrected chi connectivity index (χ2v) is 3.86. The zero-order valence-electron chi connectivity index (χ0n) is 9.46. The van der Waals surface area contributed by atoms with Crippen LogP contribution in [-0.4, -0.2) is 24.4 Å². The molecule has 1 amide bonds. The van der Waals surface area contributed by atoms with E-state index in [-0.39, 0.29) is 11.5 Å². The molecule has 2 N–H and O–H groups in total. The molecule has 0 bridgehead atoms. The minimum absolute atomic E-state index is 0.0259. The molecule has 0 aliphatic heterocycles. The maximum absolute atomic E-state index is 13.4. The first kappa shape index (κ1) is 12.2. The fourth-order valence-corrected chi connectivity index (χ4v) is 1.39. The van der Waals surface area contributed by atoms with Crippen LogP contribution in [-0.2, 0) is 0 Å². The predicted molar refractivity (Wildman–Crippen MR) is 62.6 cm³/mol. The summed E-state index contributed by atoms with van der Waals surface area (Å²) in [6, 6.07) is 4.04. The Hall–Kier alpha value is -1.84. The molecule has 16 heavy (non-hydrogen) atoms. The summed E-state index contributed by atoms with van der Waals surface area (Å²) >= 11 is 0. The third kappa shape index (κ3) is 2.82. The molecular formula is C12H15FN2O. The highest BCUT2D eigenvalue weighted by Crippen LogP contribution is 2.13. The number of hydrogen-bond donors (Lipinski definition) is 1. The van der Waals surface area contributed by atoms with Crippen LogP contribution in [0.15, 0.2) is 30.4 Å². The number of nitrogens with zero attached hydrogens (tertiary/aromatic N) is 1. The van der Waals surface area contributed by atoms with E-state index in [1.54, 1.807) is 7.05 Å². The van der Waals surface area contributed by atoms with E-state index in [0.717, 1.165) is 11.6 Å². The minimum Gasteiger partial charge on any atom is -0.399 e. The van der Waals surface area contributed by atoms with E-state index in [9.17, 15) is 9.18 Å². The monoisotopic (exact) mass is 222 g/mol. The average Bonchev–Trinajstić information content (AvgIpc) is 2.15. The fraction of sp³-hybridized carbons (Fsp3) is 0.250. The Balaban J connectivity index is 2.92. The second-order valence-electron chi connectivity index (χ2n) is 3.86. The normalized spacial score (nSPS) is 9.94. The summed E-state index contributed by atoms with van der Waals surface area (Å²) in [4.78, 5) is 13.2. The van der Waals surface area contributed by atoms with E-state index in [2.05, 4.69) is 6.58 Å². The molecule has 1 rings (SSSR count). The zero-order valence-corrected chi connectivity index (χ0v) is 9.46. The number of amides is 1. The summed E-state index contributed by atoms with van der Waals surface area (Å²) in [5, 5.41) is 0. The van der Waals surface area contributed by atoms with Gasteiger partial charge in [-0.1, -0.05) is 12.2 Å². The first-order valence-corrected chi connectivity index (χ1v) is 4.86. The number of nitrogens with two attached hydrogens (primary N) is 1. The van der Waals surface area contributed by atoms with Crippen molar-refractivity contribution in [1.82, 2.24) is 4.90 Å². The van der Waals surface area contributed by atoms with Gasteiger partial charge in [0.1, 0.15) is 5.82 Å². The smallest absolute Gasteiger partial charge is 0.256 e. The van der Waals surface area contributed by atoms with Crippen molar-refractivity contribution in [2.75, 3.05) is 19.3 Å². The molecule has 0 saturated heterocycles. The first-order valence-electron chi connectivity index (χ1n) is 4.86. The Morgan fingerprint density at radius 2 is 2.19 bits per heavy atom. The molecule has 1 aromatic carbocycles. The van der Waals surface area contributed by atoms with Crippen LogP contribution in [0.5, 0.6) is 0 Å². The third-order valence-electron chi connectivity index (χ3n) is 2.08. The molecule has 0 radical (unpaired) electrons. The van der Waals surface area contributed by atoms with Gasteiger partial charge in [0.2, 0.25) is 0 Å². The van der Waals surface area contributed by atoms with E-state index in [0.29, 0.717) is 12.2 Å². The van der Waals surface area contributed by atoms with Crippen LogP contribution in [0.2, 0.25) is 0 Å². The van der Waals surface area contributed by atoms with E-state index in [4.69, 9.17) is 5.73 Å². The van der Waals surface area contributed by atoms with Crippen molar-refractivity contribution in [2.24, 2.45) is 0 Å². The first-order chi connectivity index (χ1) is 7.41. The van der Waals surface area contributed by atoms with Crippen LogP contribution in [0, 0.1) is 5.82 Å². The van der Waals surface area contributed by atoms with Gasteiger partial charge in [0.25, 0.3) is 5.91 Å². The number of likely N-dealkylation sites (N-methyl/N-ethyl adjacent to an activating group) is 1. The highest BCUT2D eigenvalue weighted by Gasteiger charge is 2.15. The molecule has 0 spiro atoms. The Morgan fingerprint density at radius 1 is 1.56 bits per heavy atom. The Kier molecular flexibility index (Phi) is 3.66. The lowest BCUT2D eigenvalue weighted by Gasteiger charge is -2.17. The summed E-state index contributed by atoms with van der Waals surface area (Å²) in [6.07, 6.45) is 0. The second kappa shape index (κ2) is 4.79. The molecule has 0 aliphatic rings. The molecule has 0 aromatic heterocycles. The van der Waals surface area contributed by atoms with Crippen molar-refractivity contribution in [1.29, 1.82) is 0 Å². The fourth-order valence-electron chi connectivity index (χ4n) is 1.39. The molecule has 0 saturated carbocycles. The van der Waals surface area contributed by atoms with E-state index < -0.39 is 5.82 Å². The molecular weight excluding hydrogens is 207 g/mol. The third-order valence-corrected chi connectivity index (χ3v) is 2.08.